The van der Waals surface area contributed by atoms with Crippen molar-refractivity contribution in [3.8, 4) is 5.75 Å². The average molecular weight is 244 g/mol. The molecule has 0 saturated carbocycles. The first kappa shape index (κ1) is 13.4. The second-order valence-corrected chi connectivity index (χ2v) is 3.40. The van der Waals surface area contributed by atoms with Crippen molar-refractivity contribution < 1.29 is 18.3 Å². The van der Waals surface area contributed by atoms with Crippen molar-refractivity contribution in [2.24, 2.45) is 5.73 Å². The van der Waals surface area contributed by atoms with E-state index in [9.17, 15) is 13.6 Å². The SMILES string of the molecule is CCNC(COc1ccc(F)cc1F)C(N)=O. The van der Waals surface area contributed by atoms with Gasteiger partial charge in [-0.15, -0.1) is 0 Å². The third-order valence-electron chi connectivity index (χ3n) is 2.09. The van der Waals surface area contributed by atoms with Crippen molar-refractivity contribution in [3.05, 3.63) is 29.8 Å². The van der Waals surface area contributed by atoms with Crippen molar-refractivity contribution in [1.82, 2.24) is 5.32 Å². The molecule has 0 bridgehead atoms. The second kappa shape index (κ2) is 6.15. The predicted molar refractivity (Wildman–Crippen MR) is 58.5 cm³/mol. The zero-order valence-electron chi connectivity index (χ0n) is 9.37. The van der Waals surface area contributed by atoms with Gasteiger partial charge in [0.25, 0.3) is 0 Å². The first-order chi connectivity index (χ1) is 8.04. The van der Waals surface area contributed by atoms with Gasteiger partial charge < -0.3 is 15.8 Å². The number of ether oxygens (including phenoxy) is 1. The van der Waals surface area contributed by atoms with Crippen molar-refractivity contribution in [3.63, 3.8) is 0 Å². The molecule has 1 aromatic carbocycles. The zero-order chi connectivity index (χ0) is 12.8. The van der Waals surface area contributed by atoms with Crippen molar-refractivity contribution in [2.45, 2.75) is 13.0 Å². The molecule has 94 valence electrons. The largest absolute Gasteiger partial charge is 0.488 e. The molecule has 1 aromatic rings. The van der Waals surface area contributed by atoms with Crippen LogP contribution in [0.3, 0.4) is 0 Å². The molecule has 0 aromatic heterocycles. The lowest BCUT2D eigenvalue weighted by Crippen LogP contribution is -2.45. The fourth-order valence-electron chi connectivity index (χ4n) is 1.25. The normalized spacial score (nSPS) is 12.2. The third kappa shape index (κ3) is 3.99. The van der Waals surface area contributed by atoms with Gasteiger partial charge in [-0.2, -0.15) is 0 Å². The molecule has 1 amide bonds. The van der Waals surface area contributed by atoms with Crippen LogP contribution in [0.4, 0.5) is 8.78 Å². The summed E-state index contributed by atoms with van der Waals surface area (Å²) in [4.78, 5) is 11.0. The summed E-state index contributed by atoms with van der Waals surface area (Å²) >= 11 is 0. The lowest BCUT2D eigenvalue weighted by atomic mass is 10.3. The second-order valence-electron chi connectivity index (χ2n) is 3.40. The summed E-state index contributed by atoms with van der Waals surface area (Å²) < 4.78 is 30.9. The molecule has 1 atom stereocenters. The van der Waals surface area contributed by atoms with Gasteiger partial charge in [0.1, 0.15) is 18.5 Å². The highest BCUT2D eigenvalue weighted by molar-refractivity contribution is 5.80. The number of carbonyl (C=O) groups is 1. The van der Waals surface area contributed by atoms with E-state index < -0.39 is 23.6 Å². The molecule has 0 aliphatic carbocycles. The van der Waals surface area contributed by atoms with E-state index in [0.717, 1.165) is 12.1 Å². The van der Waals surface area contributed by atoms with Crippen LogP contribution in [0.5, 0.6) is 5.75 Å². The van der Waals surface area contributed by atoms with E-state index in [-0.39, 0.29) is 12.4 Å². The standard InChI is InChI=1S/C11H14F2N2O2/c1-2-15-9(11(14)16)6-17-10-4-3-7(12)5-8(10)13/h3-5,9,15H,2,6H2,1H3,(H2,14,16). The fraction of sp³-hybridized carbons (Fsp3) is 0.364. The summed E-state index contributed by atoms with van der Waals surface area (Å²) in [5, 5.41) is 2.79. The van der Waals surface area contributed by atoms with Crippen LogP contribution in [0.15, 0.2) is 18.2 Å². The maximum Gasteiger partial charge on any atom is 0.238 e. The number of hydrogen-bond donors (Lipinski definition) is 2. The highest BCUT2D eigenvalue weighted by Crippen LogP contribution is 2.17. The van der Waals surface area contributed by atoms with Crippen LogP contribution in [0, 0.1) is 11.6 Å². The molecule has 6 heteroatoms. The van der Waals surface area contributed by atoms with E-state index in [1.165, 1.54) is 0 Å². The fourth-order valence-corrected chi connectivity index (χ4v) is 1.25. The average Bonchev–Trinajstić information content (AvgIpc) is 2.25. The lowest BCUT2D eigenvalue weighted by Gasteiger charge is -2.15. The van der Waals surface area contributed by atoms with Crippen LogP contribution in [0.25, 0.3) is 0 Å². The van der Waals surface area contributed by atoms with E-state index >= 15 is 0 Å². The van der Waals surface area contributed by atoms with Gasteiger partial charge in [-0.25, -0.2) is 8.78 Å². The maximum absolute atomic E-state index is 13.2. The van der Waals surface area contributed by atoms with Gasteiger partial charge >= 0.3 is 0 Å². The maximum atomic E-state index is 13.2. The molecule has 1 rings (SSSR count). The Morgan fingerprint density at radius 1 is 1.53 bits per heavy atom. The molecular weight excluding hydrogens is 230 g/mol. The molecule has 17 heavy (non-hydrogen) atoms. The van der Waals surface area contributed by atoms with Gasteiger partial charge in [-0.1, -0.05) is 6.92 Å². The first-order valence-electron chi connectivity index (χ1n) is 5.15. The number of primary amides is 1. The van der Waals surface area contributed by atoms with Gasteiger partial charge in [-0.3, -0.25) is 4.79 Å². The Morgan fingerprint density at radius 2 is 2.24 bits per heavy atom. The van der Waals surface area contributed by atoms with Crippen molar-refractivity contribution in [2.75, 3.05) is 13.2 Å². The van der Waals surface area contributed by atoms with Gasteiger partial charge in [0.15, 0.2) is 11.6 Å². The molecule has 0 spiro atoms. The Kier molecular flexibility index (Phi) is 4.84. The quantitative estimate of drug-likeness (QED) is 0.778. The molecule has 0 saturated heterocycles. The van der Waals surface area contributed by atoms with E-state index in [2.05, 4.69) is 5.32 Å². The van der Waals surface area contributed by atoms with Crippen LogP contribution in [0.2, 0.25) is 0 Å². The van der Waals surface area contributed by atoms with E-state index in [1.807, 2.05) is 0 Å². The van der Waals surface area contributed by atoms with Crippen LogP contribution in [-0.4, -0.2) is 25.1 Å². The molecule has 3 N–H and O–H groups in total. The predicted octanol–water partition coefficient (Wildman–Crippen LogP) is 0.807. The first-order valence-corrected chi connectivity index (χ1v) is 5.15. The van der Waals surface area contributed by atoms with Crippen molar-refractivity contribution >= 4 is 5.91 Å². The van der Waals surface area contributed by atoms with Crippen LogP contribution in [0.1, 0.15) is 6.92 Å². The van der Waals surface area contributed by atoms with Crippen molar-refractivity contribution in [1.29, 1.82) is 0 Å². The van der Waals surface area contributed by atoms with Gasteiger partial charge in [0.05, 0.1) is 0 Å². The summed E-state index contributed by atoms with van der Waals surface area (Å²) in [6, 6.07) is 2.24. The molecule has 0 radical (unpaired) electrons. The third-order valence-corrected chi connectivity index (χ3v) is 2.09. The Hall–Kier alpha value is -1.69. The molecule has 4 nitrogen and oxygen atoms in total. The number of nitrogens with one attached hydrogen (secondary N) is 1. The van der Waals surface area contributed by atoms with E-state index in [1.54, 1.807) is 6.92 Å². The number of likely N-dealkylation sites (N-methyl/N-ethyl adjacent to an activating group) is 1. The van der Waals surface area contributed by atoms with Crippen LogP contribution >= 0.6 is 0 Å². The molecule has 0 fully saturated rings. The minimum Gasteiger partial charge on any atom is -0.488 e. The van der Waals surface area contributed by atoms with E-state index in [4.69, 9.17) is 10.5 Å². The van der Waals surface area contributed by atoms with Crippen LogP contribution < -0.4 is 15.8 Å². The number of benzene rings is 1. The topological polar surface area (TPSA) is 64.3 Å². The summed E-state index contributed by atoms with van der Waals surface area (Å²) in [6.45, 7) is 2.23. The Morgan fingerprint density at radius 3 is 2.76 bits per heavy atom. The number of hydrogen-bond acceptors (Lipinski definition) is 3. The van der Waals surface area contributed by atoms with E-state index in [0.29, 0.717) is 12.6 Å². The summed E-state index contributed by atoms with van der Waals surface area (Å²) in [5.74, 6) is -2.21. The Balaban J connectivity index is 2.62. The molecule has 0 heterocycles. The van der Waals surface area contributed by atoms with Gasteiger partial charge in [0.2, 0.25) is 5.91 Å². The molecule has 0 aliphatic heterocycles. The molecule has 1 unspecified atom stereocenters. The Labute approximate surface area is 97.8 Å². The number of halogens is 2. The zero-order valence-corrected chi connectivity index (χ0v) is 9.37. The number of carbonyl (C=O) groups excluding carboxylic acids is 1. The Bertz CT molecular complexity index is 399. The minimum atomic E-state index is -0.815. The smallest absolute Gasteiger partial charge is 0.238 e. The minimum absolute atomic E-state index is 0.105. The summed E-state index contributed by atoms with van der Waals surface area (Å²) in [5.41, 5.74) is 5.11. The number of amides is 1. The summed E-state index contributed by atoms with van der Waals surface area (Å²) in [6.07, 6.45) is 0. The number of nitrogens with two attached hydrogens (primary N) is 1. The van der Waals surface area contributed by atoms with Crippen LogP contribution in [-0.2, 0) is 4.79 Å². The highest BCUT2D eigenvalue weighted by atomic mass is 19.1. The molecule has 0 aliphatic rings. The lowest BCUT2D eigenvalue weighted by molar-refractivity contribution is -0.120. The molecular formula is C11H14F2N2O2. The van der Waals surface area contributed by atoms with Gasteiger partial charge in [0, 0.05) is 6.07 Å². The van der Waals surface area contributed by atoms with Gasteiger partial charge in [-0.05, 0) is 18.7 Å². The summed E-state index contributed by atoms with van der Waals surface area (Å²) in [7, 11) is 0. The highest BCUT2D eigenvalue weighted by Gasteiger charge is 2.15. The monoisotopic (exact) mass is 244 g/mol. The number of rotatable bonds is 6.